The van der Waals surface area contributed by atoms with Gasteiger partial charge in [0.2, 0.25) is 0 Å². The zero-order valence-corrected chi connectivity index (χ0v) is 12.2. The summed E-state index contributed by atoms with van der Waals surface area (Å²) in [5.41, 5.74) is 4.03. The summed E-state index contributed by atoms with van der Waals surface area (Å²) in [6, 6.07) is 15.9. The van der Waals surface area contributed by atoms with Crippen LogP contribution in [0, 0.1) is 13.5 Å². The lowest BCUT2D eigenvalue weighted by molar-refractivity contribution is 0.685. The van der Waals surface area contributed by atoms with Gasteiger partial charge >= 0.3 is 0 Å². The Morgan fingerprint density at radius 2 is 1.82 bits per heavy atom. The molecule has 22 heavy (non-hydrogen) atoms. The quantitative estimate of drug-likeness (QED) is 0.688. The number of nitrogens with zero attached hydrogens (tertiary/aromatic N) is 5. The molecule has 108 valence electrons. The Labute approximate surface area is 129 Å². The largest absolute Gasteiger partial charge is 0.275 e. The van der Waals surface area contributed by atoms with Crippen LogP contribution in [0.1, 0.15) is 11.1 Å². The molecule has 0 N–H and O–H groups in total. The molecule has 0 saturated heterocycles. The van der Waals surface area contributed by atoms with Gasteiger partial charge < -0.3 is 0 Å². The van der Waals surface area contributed by atoms with Gasteiger partial charge in [-0.05, 0) is 24.6 Å². The van der Waals surface area contributed by atoms with Crippen molar-refractivity contribution in [3.63, 3.8) is 0 Å². The molecule has 5 nitrogen and oxygen atoms in total. The molecule has 1 heterocycles. The smallest absolute Gasteiger partial charge is 0.187 e. The Bertz CT molecular complexity index is 785. The van der Waals surface area contributed by atoms with Crippen molar-refractivity contribution in [3.05, 3.63) is 83.7 Å². The number of aromatic nitrogens is 3. The second-order valence-electron chi connectivity index (χ2n) is 5.02. The second-order valence-corrected chi connectivity index (χ2v) is 5.02. The Hall–Kier alpha value is -3.13. The van der Waals surface area contributed by atoms with Gasteiger partial charge in [0, 0.05) is 0 Å². The molecule has 0 aliphatic rings. The molecule has 0 fully saturated rings. The molecular weight excluding hydrogens is 273 g/mol. The molecule has 0 unspecified atom stereocenters. The lowest BCUT2D eigenvalue weighted by Crippen LogP contribution is -2.27. The van der Waals surface area contributed by atoms with Crippen molar-refractivity contribution in [1.29, 1.82) is 0 Å². The summed E-state index contributed by atoms with van der Waals surface area (Å²) in [4.78, 5) is 3.43. The van der Waals surface area contributed by atoms with Crippen LogP contribution in [0.2, 0.25) is 0 Å². The highest BCUT2D eigenvalue weighted by Gasteiger charge is 2.10. The SMILES string of the molecule is [C-]#[N+]c1ccc(N(Cc2cccc([11CH3])c2)n2cnnc2)cc1. The molecule has 1 aromatic heterocycles. The van der Waals surface area contributed by atoms with Crippen LogP contribution < -0.4 is 5.01 Å². The second kappa shape index (κ2) is 6.10. The average Bonchev–Trinajstić information content (AvgIpc) is 3.07. The van der Waals surface area contributed by atoms with Gasteiger partial charge in [-0.1, -0.05) is 42.0 Å². The highest BCUT2D eigenvalue weighted by atomic mass is 15.6. The third kappa shape index (κ3) is 2.96. The Morgan fingerprint density at radius 1 is 1.09 bits per heavy atom. The van der Waals surface area contributed by atoms with E-state index in [-0.39, 0.29) is 0 Å². The molecular formula is C17H15N5. The first kappa shape index (κ1) is 13.8. The number of aryl methyl sites for hydroxylation is 1. The number of anilines is 1. The number of hydrogen-bond acceptors (Lipinski definition) is 3. The van der Waals surface area contributed by atoms with Gasteiger partial charge in [0.15, 0.2) is 5.69 Å². The van der Waals surface area contributed by atoms with E-state index in [4.69, 9.17) is 6.57 Å². The van der Waals surface area contributed by atoms with E-state index in [1.807, 2.05) is 28.9 Å². The van der Waals surface area contributed by atoms with Crippen molar-refractivity contribution in [2.24, 2.45) is 0 Å². The number of benzene rings is 2. The van der Waals surface area contributed by atoms with Crippen molar-refractivity contribution in [3.8, 4) is 0 Å². The molecule has 0 saturated carbocycles. The number of rotatable bonds is 4. The van der Waals surface area contributed by atoms with Crippen molar-refractivity contribution in [2.45, 2.75) is 13.5 Å². The van der Waals surface area contributed by atoms with Crippen LogP contribution in [0.5, 0.6) is 0 Å². The summed E-state index contributed by atoms with van der Waals surface area (Å²) in [6.07, 6.45) is 3.33. The van der Waals surface area contributed by atoms with Crippen molar-refractivity contribution < 1.29 is 0 Å². The normalized spacial score (nSPS) is 10.2. The van der Waals surface area contributed by atoms with Crippen LogP contribution in [0.25, 0.3) is 4.85 Å². The van der Waals surface area contributed by atoms with Gasteiger partial charge in [0.1, 0.15) is 12.7 Å². The summed E-state index contributed by atoms with van der Waals surface area (Å²) in [7, 11) is 0. The molecule has 3 aromatic rings. The van der Waals surface area contributed by atoms with Gasteiger partial charge in [0.05, 0.1) is 18.8 Å². The summed E-state index contributed by atoms with van der Waals surface area (Å²) in [6.45, 7) is 9.82. The van der Waals surface area contributed by atoms with Gasteiger partial charge in [-0.25, -0.2) is 9.52 Å². The van der Waals surface area contributed by atoms with Crippen LogP contribution in [0.3, 0.4) is 0 Å². The molecule has 0 aliphatic carbocycles. The van der Waals surface area contributed by atoms with Crippen LogP contribution in [-0.2, 0) is 6.54 Å². The van der Waals surface area contributed by atoms with Crippen LogP contribution >= 0.6 is 0 Å². The minimum atomic E-state index is 0.628. The molecule has 0 radical (unpaired) electrons. The minimum absolute atomic E-state index is 0.628. The van der Waals surface area contributed by atoms with Crippen LogP contribution in [0.4, 0.5) is 11.4 Å². The number of hydrogen-bond donors (Lipinski definition) is 0. The summed E-state index contributed by atoms with van der Waals surface area (Å²) < 4.78 is 1.84. The van der Waals surface area contributed by atoms with Crippen molar-refractivity contribution >= 4 is 11.4 Å². The molecule has 5 heteroatoms. The third-order valence-electron chi connectivity index (χ3n) is 3.38. The van der Waals surface area contributed by atoms with E-state index in [1.165, 1.54) is 11.1 Å². The molecule has 0 amide bonds. The monoisotopic (exact) mass is 288 g/mol. The van der Waals surface area contributed by atoms with Gasteiger partial charge in [0.25, 0.3) is 0 Å². The first-order valence-electron chi connectivity index (χ1n) is 6.92. The van der Waals surface area contributed by atoms with Crippen molar-refractivity contribution in [2.75, 3.05) is 5.01 Å². The Morgan fingerprint density at radius 3 is 2.45 bits per heavy atom. The highest BCUT2D eigenvalue weighted by molar-refractivity contribution is 5.55. The molecule has 0 spiro atoms. The van der Waals surface area contributed by atoms with Gasteiger partial charge in [-0.2, -0.15) is 0 Å². The summed E-state index contributed by atoms with van der Waals surface area (Å²) in [5, 5.41) is 9.83. The molecule has 3 rings (SSSR count). The fraction of sp³-hybridized carbons (Fsp3) is 0.118. The molecule has 0 bridgehead atoms. The van der Waals surface area contributed by atoms with E-state index < -0.39 is 0 Å². The predicted molar refractivity (Wildman–Crippen MR) is 85.5 cm³/mol. The van der Waals surface area contributed by atoms with E-state index in [9.17, 15) is 0 Å². The van der Waals surface area contributed by atoms with E-state index in [2.05, 4.69) is 51.2 Å². The van der Waals surface area contributed by atoms with Crippen molar-refractivity contribution in [1.82, 2.24) is 14.9 Å². The minimum Gasteiger partial charge on any atom is -0.275 e. The summed E-state index contributed by atoms with van der Waals surface area (Å²) >= 11 is 0. The fourth-order valence-electron chi connectivity index (χ4n) is 2.31. The third-order valence-corrected chi connectivity index (χ3v) is 3.38. The lowest BCUT2D eigenvalue weighted by Gasteiger charge is -2.25. The van der Waals surface area contributed by atoms with Gasteiger partial charge in [-0.15, -0.1) is 10.2 Å². The first-order chi connectivity index (χ1) is 10.8. The fourth-order valence-corrected chi connectivity index (χ4v) is 2.31. The van der Waals surface area contributed by atoms with Crippen LogP contribution in [-0.4, -0.2) is 14.9 Å². The molecule has 2 aromatic carbocycles. The van der Waals surface area contributed by atoms with E-state index in [1.54, 1.807) is 12.7 Å². The topological polar surface area (TPSA) is 38.3 Å². The van der Waals surface area contributed by atoms with Gasteiger partial charge in [-0.3, -0.25) is 5.01 Å². The highest BCUT2D eigenvalue weighted by Crippen LogP contribution is 2.22. The molecule has 0 aliphatic heterocycles. The summed E-state index contributed by atoms with van der Waals surface area (Å²) in [5.74, 6) is 0. The van der Waals surface area contributed by atoms with E-state index in [0.717, 1.165) is 5.69 Å². The Kier molecular flexibility index (Phi) is 3.84. The zero-order chi connectivity index (χ0) is 15.4. The zero-order valence-electron chi connectivity index (χ0n) is 12.2. The predicted octanol–water partition coefficient (Wildman–Crippen LogP) is 3.61. The van der Waals surface area contributed by atoms with E-state index in [0.29, 0.717) is 12.2 Å². The average molecular weight is 288 g/mol. The lowest BCUT2D eigenvalue weighted by atomic mass is 10.0. The standard InChI is InChI=1S/C17H15N5/c1-14-4-3-5-15(10-14)11-22(21-12-19-20-13-21)17-8-6-16(18-2)7-9-17/h3-10,12-13H,11H2,1H3/i1-1. The van der Waals surface area contributed by atoms with Crippen LogP contribution in [0.15, 0.2) is 61.2 Å². The Balaban J connectivity index is 1.95. The van der Waals surface area contributed by atoms with E-state index >= 15 is 0 Å². The maximum absolute atomic E-state index is 7.05. The molecule has 0 atom stereocenters. The maximum atomic E-state index is 7.05. The first-order valence-corrected chi connectivity index (χ1v) is 6.92. The maximum Gasteiger partial charge on any atom is 0.187 e.